The Labute approximate surface area is 102 Å². The number of rotatable bonds is 1. The highest BCUT2D eigenvalue weighted by atomic mass is 16.2. The van der Waals surface area contributed by atoms with Gasteiger partial charge in [-0.3, -0.25) is 0 Å². The first-order chi connectivity index (χ1) is 8.16. The first-order valence-electron chi connectivity index (χ1n) is 6.02. The lowest BCUT2D eigenvalue weighted by Gasteiger charge is -2.33. The fourth-order valence-corrected chi connectivity index (χ4v) is 1.97. The fourth-order valence-electron chi connectivity index (χ4n) is 1.97. The largest absolute Gasteiger partial charge is 0.322 e. The van der Waals surface area contributed by atoms with Crippen molar-refractivity contribution in [1.29, 1.82) is 0 Å². The third-order valence-electron chi connectivity index (χ3n) is 3.06. The fraction of sp³-hybridized carbons (Fsp3) is 0.462. The van der Waals surface area contributed by atoms with Crippen molar-refractivity contribution in [2.24, 2.45) is 0 Å². The zero-order valence-corrected chi connectivity index (χ0v) is 10.4. The van der Waals surface area contributed by atoms with Gasteiger partial charge in [-0.2, -0.15) is 0 Å². The predicted molar refractivity (Wildman–Crippen MR) is 69.2 cm³/mol. The molecule has 17 heavy (non-hydrogen) atoms. The molecule has 0 unspecified atom stereocenters. The van der Waals surface area contributed by atoms with Gasteiger partial charge in [0.15, 0.2) is 0 Å². The van der Waals surface area contributed by atoms with E-state index in [0.717, 1.165) is 25.3 Å². The highest BCUT2D eigenvalue weighted by Crippen LogP contribution is 2.11. The summed E-state index contributed by atoms with van der Waals surface area (Å²) in [5.74, 6) is 0. The van der Waals surface area contributed by atoms with E-state index >= 15 is 0 Å². The molecule has 0 saturated carbocycles. The number of nitrogens with one attached hydrogen (secondary N) is 2. The Bertz CT molecular complexity index is 388. The van der Waals surface area contributed by atoms with Crippen LogP contribution in [0.2, 0.25) is 0 Å². The number of carbonyl (C=O) groups is 1. The molecular weight excluding hydrogens is 214 g/mol. The topological polar surface area (TPSA) is 44.4 Å². The summed E-state index contributed by atoms with van der Waals surface area (Å²) in [6.45, 7) is 6.58. The lowest BCUT2D eigenvalue weighted by Crippen LogP contribution is -2.53. The number of urea groups is 1. The molecule has 0 radical (unpaired) electrons. The van der Waals surface area contributed by atoms with Gasteiger partial charge in [-0.1, -0.05) is 17.7 Å². The minimum atomic E-state index is -0.0112. The van der Waals surface area contributed by atoms with E-state index in [-0.39, 0.29) is 12.1 Å². The average Bonchev–Trinajstić information content (AvgIpc) is 2.32. The quantitative estimate of drug-likeness (QED) is 0.777. The van der Waals surface area contributed by atoms with Crippen LogP contribution in [0.3, 0.4) is 0 Å². The molecule has 1 aliphatic heterocycles. The molecule has 1 aliphatic rings. The number of piperazine rings is 1. The number of amides is 2. The Morgan fingerprint density at radius 2 is 2.12 bits per heavy atom. The van der Waals surface area contributed by atoms with Crippen LogP contribution in [-0.4, -0.2) is 36.6 Å². The van der Waals surface area contributed by atoms with Gasteiger partial charge in [0.05, 0.1) is 0 Å². The molecule has 0 spiro atoms. The van der Waals surface area contributed by atoms with Crippen molar-refractivity contribution in [3.63, 3.8) is 0 Å². The van der Waals surface area contributed by atoms with Gasteiger partial charge < -0.3 is 15.5 Å². The molecule has 2 N–H and O–H groups in total. The summed E-state index contributed by atoms with van der Waals surface area (Å²) in [7, 11) is 0. The number of anilines is 1. The van der Waals surface area contributed by atoms with Crippen LogP contribution in [0.25, 0.3) is 0 Å². The zero-order valence-electron chi connectivity index (χ0n) is 10.4. The summed E-state index contributed by atoms with van der Waals surface area (Å²) < 4.78 is 0. The second-order valence-electron chi connectivity index (χ2n) is 4.54. The summed E-state index contributed by atoms with van der Waals surface area (Å²) in [5, 5.41) is 6.20. The van der Waals surface area contributed by atoms with Crippen LogP contribution in [0.15, 0.2) is 24.3 Å². The van der Waals surface area contributed by atoms with Gasteiger partial charge in [-0.15, -0.1) is 0 Å². The average molecular weight is 233 g/mol. The Hall–Kier alpha value is -1.55. The van der Waals surface area contributed by atoms with E-state index in [9.17, 15) is 4.79 Å². The molecule has 92 valence electrons. The molecule has 0 aliphatic carbocycles. The summed E-state index contributed by atoms with van der Waals surface area (Å²) in [6, 6.07) is 8.09. The lowest BCUT2D eigenvalue weighted by atomic mass is 10.2. The van der Waals surface area contributed by atoms with E-state index in [1.54, 1.807) is 0 Å². The predicted octanol–water partition coefficient (Wildman–Crippen LogP) is 1.82. The first-order valence-corrected chi connectivity index (χ1v) is 6.02. The third kappa shape index (κ3) is 2.97. The van der Waals surface area contributed by atoms with Crippen molar-refractivity contribution in [1.82, 2.24) is 10.2 Å². The molecule has 4 nitrogen and oxygen atoms in total. The molecule has 1 aromatic carbocycles. The summed E-state index contributed by atoms with van der Waals surface area (Å²) in [4.78, 5) is 13.9. The molecule has 1 fully saturated rings. The monoisotopic (exact) mass is 233 g/mol. The molecule has 1 atom stereocenters. The summed E-state index contributed by atoms with van der Waals surface area (Å²) in [5.41, 5.74) is 2.05. The van der Waals surface area contributed by atoms with E-state index in [1.165, 1.54) is 5.56 Å². The van der Waals surface area contributed by atoms with Crippen molar-refractivity contribution >= 4 is 11.7 Å². The van der Waals surface area contributed by atoms with Gasteiger partial charge in [0.2, 0.25) is 0 Å². The lowest BCUT2D eigenvalue weighted by molar-refractivity contribution is 0.177. The van der Waals surface area contributed by atoms with Gasteiger partial charge in [-0.05, 0) is 26.0 Å². The molecule has 0 bridgehead atoms. The van der Waals surface area contributed by atoms with Crippen LogP contribution in [-0.2, 0) is 0 Å². The van der Waals surface area contributed by atoms with Crippen molar-refractivity contribution in [2.75, 3.05) is 25.0 Å². The molecular formula is C13H19N3O. The number of nitrogens with zero attached hydrogens (tertiary/aromatic N) is 1. The molecule has 1 aromatic rings. The minimum Gasteiger partial charge on any atom is -0.319 e. The van der Waals surface area contributed by atoms with Crippen LogP contribution in [0.1, 0.15) is 12.5 Å². The summed E-state index contributed by atoms with van der Waals surface area (Å²) in [6.07, 6.45) is 0. The number of benzene rings is 1. The maximum atomic E-state index is 12.0. The van der Waals surface area contributed by atoms with Crippen LogP contribution in [0, 0.1) is 6.92 Å². The molecule has 0 aromatic heterocycles. The number of carbonyl (C=O) groups excluding carboxylic acids is 1. The third-order valence-corrected chi connectivity index (χ3v) is 3.06. The van der Waals surface area contributed by atoms with Crippen molar-refractivity contribution in [3.05, 3.63) is 29.8 Å². The Kier molecular flexibility index (Phi) is 3.64. The zero-order chi connectivity index (χ0) is 12.3. The van der Waals surface area contributed by atoms with Gasteiger partial charge >= 0.3 is 6.03 Å². The maximum Gasteiger partial charge on any atom is 0.322 e. The molecule has 1 heterocycles. The van der Waals surface area contributed by atoms with Crippen LogP contribution >= 0.6 is 0 Å². The van der Waals surface area contributed by atoms with E-state index in [1.807, 2.05) is 36.1 Å². The molecule has 4 heteroatoms. The van der Waals surface area contributed by atoms with Crippen LogP contribution < -0.4 is 10.6 Å². The minimum absolute atomic E-state index is 0.0112. The standard InChI is InChI=1S/C13H19N3O/c1-10-3-5-12(6-4-10)15-13(17)16-8-7-14-9-11(16)2/h3-6,11,14H,7-9H2,1-2H3,(H,15,17)/t11-/m1/s1. The van der Waals surface area contributed by atoms with Gasteiger partial charge in [-0.25, -0.2) is 4.79 Å². The van der Waals surface area contributed by atoms with E-state index in [2.05, 4.69) is 17.6 Å². The Morgan fingerprint density at radius 1 is 1.41 bits per heavy atom. The second kappa shape index (κ2) is 5.19. The van der Waals surface area contributed by atoms with E-state index in [4.69, 9.17) is 0 Å². The van der Waals surface area contributed by atoms with Gasteiger partial charge in [0.25, 0.3) is 0 Å². The molecule has 2 amide bonds. The maximum absolute atomic E-state index is 12.0. The molecule has 1 saturated heterocycles. The SMILES string of the molecule is Cc1ccc(NC(=O)N2CCNC[C@H]2C)cc1. The second-order valence-corrected chi connectivity index (χ2v) is 4.54. The first kappa shape index (κ1) is 11.9. The van der Waals surface area contributed by atoms with Gasteiger partial charge in [0.1, 0.15) is 0 Å². The van der Waals surface area contributed by atoms with E-state index in [0.29, 0.717) is 0 Å². The Morgan fingerprint density at radius 3 is 2.76 bits per heavy atom. The normalized spacial score (nSPS) is 20.1. The summed E-state index contributed by atoms with van der Waals surface area (Å²) >= 11 is 0. The van der Waals surface area contributed by atoms with Crippen LogP contribution in [0.5, 0.6) is 0 Å². The van der Waals surface area contributed by atoms with Crippen LogP contribution in [0.4, 0.5) is 10.5 Å². The van der Waals surface area contributed by atoms with Crippen molar-refractivity contribution in [3.8, 4) is 0 Å². The van der Waals surface area contributed by atoms with Gasteiger partial charge in [0, 0.05) is 31.4 Å². The number of hydrogen-bond donors (Lipinski definition) is 2. The highest BCUT2D eigenvalue weighted by Gasteiger charge is 2.22. The van der Waals surface area contributed by atoms with E-state index < -0.39 is 0 Å². The van der Waals surface area contributed by atoms with Crippen molar-refractivity contribution < 1.29 is 4.79 Å². The number of hydrogen-bond acceptors (Lipinski definition) is 2. The number of aryl methyl sites for hydroxylation is 1. The molecule has 2 rings (SSSR count). The Balaban J connectivity index is 1.98. The highest BCUT2D eigenvalue weighted by molar-refractivity contribution is 5.89. The smallest absolute Gasteiger partial charge is 0.319 e. The van der Waals surface area contributed by atoms with Crippen molar-refractivity contribution in [2.45, 2.75) is 19.9 Å².